The summed E-state index contributed by atoms with van der Waals surface area (Å²) in [5.74, 6) is 0. The van der Waals surface area contributed by atoms with Crippen LogP contribution in [0.4, 0.5) is 0 Å². The van der Waals surface area contributed by atoms with Crippen molar-refractivity contribution in [1.29, 1.82) is 0 Å². The molecule has 0 aliphatic heterocycles. The van der Waals surface area contributed by atoms with Gasteiger partial charge in [-0.05, 0) is 45.0 Å². The molecular formula is C16H17OPS. The molecule has 0 fully saturated rings. The van der Waals surface area contributed by atoms with Crippen molar-refractivity contribution in [3.63, 3.8) is 0 Å². The topological polar surface area (TPSA) is 17.1 Å². The van der Waals surface area contributed by atoms with Crippen molar-refractivity contribution < 1.29 is 4.79 Å². The van der Waals surface area contributed by atoms with E-state index in [4.69, 9.17) is 0 Å². The summed E-state index contributed by atoms with van der Waals surface area (Å²) in [6, 6.07) is 14.3. The maximum atomic E-state index is 12.3. The molecule has 0 aromatic heterocycles. The Labute approximate surface area is 120 Å². The SMILES string of the molecule is Cc1cc(C)c(C(=O)SPc2ccccc2)c(C)c1. The minimum Gasteiger partial charge on any atom is -0.281 e. The molecule has 2 aromatic rings. The quantitative estimate of drug-likeness (QED) is 0.778. The van der Waals surface area contributed by atoms with Crippen LogP contribution in [0, 0.1) is 20.8 Å². The molecule has 0 saturated carbocycles. The largest absolute Gasteiger partial charge is 0.281 e. The van der Waals surface area contributed by atoms with Crippen molar-refractivity contribution in [2.75, 3.05) is 0 Å². The first-order chi connectivity index (χ1) is 9.08. The Bertz CT molecular complexity index is 570. The van der Waals surface area contributed by atoms with Gasteiger partial charge in [0.05, 0.1) is 0 Å². The molecule has 3 heteroatoms. The summed E-state index contributed by atoms with van der Waals surface area (Å²) in [5.41, 5.74) is 4.24. The molecule has 0 N–H and O–H groups in total. The van der Waals surface area contributed by atoms with E-state index >= 15 is 0 Å². The van der Waals surface area contributed by atoms with Gasteiger partial charge in [0.2, 0.25) is 5.12 Å². The van der Waals surface area contributed by atoms with Gasteiger partial charge in [0.15, 0.2) is 0 Å². The Morgan fingerprint density at radius 1 is 1.00 bits per heavy atom. The molecule has 98 valence electrons. The van der Waals surface area contributed by atoms with E-state index in [1.165, 1.54) is 22.2 Å². The van der Waals surface area contributed by atoms with Gasteiger partial charge in [-0.1, -0.05) is 59.4 Å². The van der Waals surface area contributed by atoms with E-state index in [0.717, 1.165) is 16.7 Å². The zero-order chi connectivity index (χ0) is 13.8. The molecule has 0 heterocycles. The average molecular weight is 288 g/mol. The van der Waals surface area contributed by atoms with Crippen LogP contribution in [0.2, 0.25) is 0 Å². The van der Waals surface area contributed by atoms with Crippen LogP contribution in [0.25, 0.3) is 0 Å². The van der Waals surface area contributed by atoms with E-state index in [2.05, 4.69) is 31.2 Å². The first-order valence-corrected chi connectivity index (χ1v) is 8.72. The molecule has 0 aliphatic rings. The van der Waals surface area contributed by atoms with Crippen molar-refractivity contribution in [1.82, 2.24) is 0 Å². The molecule has 0 bridgehead atoms. The molecule has 0 saturated heterocycles. The maximum Gasteiger partial charge on any atom is 0.224 e. The normalized spacial score (nSPS) is 11.1. The summed E-state index contributed by atoms with van der Waals surface area (Å²) >= 11 is 1.41. The minimum absolute atomic E-state index is 0.178. The van der Waals surface area contributed by atoms with Gasteiger partial charge in [0.1, 0.15) is 0 Å². The predicted octanol–water partition coefficient (Wildman–Crippen LogP) is 4.40. The lowest BCUT2D eigenvalue weighted by molar-refractivity contribution is 0.108. The lowest BCUT2D eigenvalue weighted by atomic mass is 10.0. The van der Waals surface area contributed by atoms with Crippen molar-refractivity contribution in [3.8, 4) is 0 Å². The zero-order valence-corrected chi connectivity index (χ0v) is 13.2. The van der Waals surface area contributed by atoms with Crippen LogP contribution >= 0.6 is 19.2 Å². The van der Waals surface area contributed by atoms with Crippen LogP contribution in [0.5, 0.6) is 0 Å². The summed E-state index contributed by atoms with van der Waals surface area (Å²) in [4.78, 5) is 12.3. The molecule has 2 rings (SSSR count). The van der Waals surface area contributed by atoms with E-state index < -0.39 is 0 Å². The standard InChI is InChI=1S/C16H17OPS/c1-11-9-12(2)15(13(3)10-11)16(17)19-18-14-7-5-4-6-8-14/h4-10,18H,1-3H3. The van der Waals surface area contributed by atoms with Gasteiger partial charge in [0, 0.05) is 5.56 Å². The Morgan fingerprint density at radius 2 is 1.58 bits per heavy atom. The highest BCUT2D eigenvalue weighted by Gasteiger charge is 2.13. The van der Waals surface area contributed by atoms with E-state index in [1.807, 2.05) is 32.0 Å². The van der Waals surface area contributed by atoms with Crippen LogP contribution in [0.3, 0.4) is 0 Å². The highest BCUT2D eigenvalue weighted by atomic mass is 32.7. The van der Waals surface area contributed by atoms with E-state index in [1.54, 1.807) is 0 Å². The summed E-state index contributed by atoms with van der Waals surface area (Å²) in [5, 5.41) is 1.39. The first kappa shape index (κ1) is 14.3. The second kappa shape index (κ2) is 6.36. The predicted molar refractivity (Wildman–Crippen MR) is 87.0 cm³/mol. The van der Waals surface area contributed by atoms with Gasteiger partial charge in [-0.3, -0.25) is 4.79 Å². The smallest absolute Gasteiger partial charge is 0.224 e. The van der Waals surface area contributed by atoms with Crippen LogP contribution in [-0.4, -0.2) is 5.12 Å². The van der Waals surface area contributed by atoms with Gasteiger partial charge >= 0.3 is 0 Å². The summed E-state index contributed by atoms with van der Waals surface area (Å²) in [7, 11) is 0.467. The third-order valence-electron chi connectivity index (χ3n) is 2.92. The van der Waals surface area contributed by atoms with Gasteiger partial charge in [-0.15, -0.1) is 0 Å². The van der Waals surface area contributed by atoms with Gasteiger partial charge < -0.3 is 0 Å². The number of hydrogen-bond acceptors (Lipinski definition) is 2. The summed E-state index contributed by atoms with van der Waals surface area (Å²) < 4.78 is 0. The van der Waals surface area contributed by atoms with Gasteiger partial charge in [0.25, 0.3) is 0 Å². The van der Waals surface area contributed by atoms with E-state index in [9.17, 15) is 4.79 Å². The molecule has 2 aromatic carbocycles. The van der Waals surface area contributed by atoms with E-state index in [0.29, 0.717) is 7.78 Å². The van der Waals surface area contributed by atoms with Gasteiger partial charge in [-0.25, -0.2) is 0 Å². The third kappa shape index (κ3) is 3.68. The number of rotatable bonds is 3. The third-order valence-corrected chi connectivity index (χ3v) is 5.55. The Morgan fingerprint density at radius 3 is 2.16 bits per heavy atom. The number of carbonyl (C=O) groups is 1. The Hall–Kier alpha value is -1.11. The Kier molecular flexibility index (Phi) is 4.79. The molecule has 0 radical (unpaired) electrons. The molecule has 1 atom stereocenters. The monoisotopic (exact) mass is 288 g/mol. The van der Waals surface area contributed by atoms with Crippen LogP contribution < -0.4 is 5.30 Å². The second-order valence-electron chi connectivity index (χ2n) is 4.63. The van der Waals surface area contributed by atoms with Crippen molar-refractivity contribution in [2.24, 2.45) is 0 Å². The van der Waals surface area contributed by atoms with Crippen LogP contribution in [0.1, 0.15) is 27.0 Å². The number of aryl methyl sites for hydroxylation is 3. The van der Waals surface area contributed by atoms with Crippen molar-refractivity contribution in [2.45, 2.75) is 20.8 Å². The number of carbonyl (C=O) groups excluding carboxylic acids is 1. The number of benzene rings is 2. The Balaban J connectivity index is 2.13. The molecular weight excluding hydrogens is 271 g/mol. The van der Waals surface area contributed by atoms with Crippen molar-refractivity contribution in [3.05, 3.63) is 64.7 Å². The van der Waals surface area contributed by atoms with Gasteiger partial charge in [-0.2, -0.15) is 0 Å². The minimum atomic E-state index is 0.178. The summed E-state index contributed by atoms with van der Waals surface area (Å²) in [6.45, 7) is 6.09. The lowest BCUT2D eigenvalue weighted by Crippen LogP contribution is -2.01. The fourth-order valence-electron chi connectivity index (χ4n) is 2.16. The molecule has 1 unspecified atom stereocenters. The maximum absolute atomic E-state index is 12.3. The van der Waals surface area contributed by atoms with Crippen LogP contribution in [-0.2, 0) is 0 Å². The fourth-order valence-corrected chi connectivity index (χ4v) is 4.47. The number of hydrogen-bond donors (Lipinski definition) is 0. The molecule has 19 heavy (non-hydrogen) atoms. The second-order valence-corrected chi connectivity index (χ2v) is 7.21. The molecule has 0 amide bonds. The first-order valence-electron chi connectivity index (χ1n) is 6.18. The average Bonchev–Trinajstić information content (AvgIpc) is 2.36. The summed E-state index contributed by atoms with van der Waals surface area (Å²) in [6.07, 6.45) is 0. The van der Waals surface area contributed by atoms with Crippen LogP contribution in [0.15, 0.2) is 42.5 Å². The lowest BCUT2D eigenvalue weighted by Gasteiger charge is -2.09. The molecule has 0 aliphatic carbocycles. The van der Waals surface area contributed by atoms with E-state index in [-0.39, 0.29) is 5.12 Å². The fraction of sp³-hybridized carbons (Fsp3) is 0.188. The highest BCUT2D eigenvalue weighted by Crippen LogP contribution is 2.33. The molecule has 0 spiro atoms. The molecule has 1 nitrogen and oxygen atoms in total. The van der Waals surface area contributed by atoms with Crippen molar-refractivity contribution >= 4 is 29.6 Å². The zero-order valence-electron chi connectivity index (χ0n) is 11.4. The highest BCUT2D eigenvalue weighted by molar-refractivity contribution is 8.59.